The van der Waals surface area contributed by atoms with Gasteiger partial charge in [0.2, 0.25) is 5.91 Å². The maximum atomic E-state index is 12.6. The number of anilines is 2. The van der Waals surface area contributed by atoms with E-state index in [1.54, 1.807) is 17.1 Å². The van der Waals surface area contributed by atoms with E-state index >= 15 is 0 Å². The topological polar surface area (TPSA) is 70.4 Å². The molecule has 0 aromatic carbocycles. The molecule has 0 spiro atoms. The molecule has 3 heterocycles. The molecule has 2 aromatic rings. The molecular weight excluding hydrogens is 306 g/mol. The molecule has 0 aliphatic carbocycles. The molecule has 0 bridgehead atoms. The first-order valence-electron chi connectivity index (χ1n) is 8.09. The van der Waals surface area contributed by atoms with Crippen molar-refractivity contribution in [1.29, 1.82) is 0 Å². The fraction of sp³-hybridized carbons (Fsp3) is 0.500. The highest BCUT2D eigenvalue weighted by atomic mass is 16.2. The second-order valence-corrected chi connectivity index (χ2v) is 6.14. The molecular formula is C16H23N7O. The van der Waals surface area contributed by atoms with Gasteiger partial charge in [0.15, 0.2) is 5.82 Å². The van der Waals surface area contributed by atoms with Gasteiger partial charge < -0.3 is 14.7 Å². The quantitative estimate of drug-likeness (QED) is 0.820. The Morgan fingerprint density at radius 1 is 1.25 bits per heavy atom. The van der Waals surface area contributed by atoms with Crippen molar-refractivity contribution in [1.82, 2.24) is 24.9 Å². The largest absolute Gasteiger partial charge is 0.376 e. The zero-order valence-electron chi connectivity index (χ0n) is 14.3. The molecule has 0 N–H and O–H groups in total. The molecule has 24 heavy (non-hydrogen) atoms. The highest BCUT2D eigenvalue weighted by Crippen LogP contribution is 2.19. The van der Waals surface area contributed by atoms with Crippen LogP contribution in [0.5, 0.6) is 0 Å². The van der Waals surface area contributed by atoms with Crippen LogP contribution >= 0.6 is 0 Å². The van der Waals surface area contributed by atoms with E-state index in [9.17, 15) is 4.79 Å². The first kappa shape index (κ1) is 16.2. The summed E-state index contributed by atoms with van der Waals surface area (Å²) in [6.07, 6.45) is 5.26. The van der Waals surface area contributed by atoms with E-state index in [0.29, 0.717) is 13.1 Å². The average molecular weight is 329 g/mol. The Kier molecular flexibility index (Phi) is 4.64. The number of carbonyl (C=O) groups excluding carboxylic acids is 1. The van der Waals surface area contributed by atoms with Gasteiger partial charge in [0.05, 0.1) is 11.9 Å². The van der Waals surface area contributed by atoms with Crippen molar-refractivity contribution in [3.05, 3.63) is 30.7 Å². The van der Waals surface area contributed by atoms with E-state index in [2.05, 4.69) is 20.2 Å². The fourth-order valence-corrected chi connectivity index (χ4v) is 2.79. The number of aromatic nitrogens is 4. The zero-order valence-corrected chi connectivity index (χ0v) is 14.3. The van der Waals surface area contributed by atoms with Crippen LogP contribution in [0.1, 0.15) is 13.0 Å². The summed E-state index contributed by atoms with van der Waals surface area (Å²) < 4.78 is 1.70. The van der Waals surface area contributed by atoms with E-state index < -0.39 is 0 Å². The predicted octanol–water partition coefficient (Wildman–Crippen LogP) is 0.649. The van der Waals surface area contributed by atoms with E-state index in [1.165, 1.54) is 0 Å². The average Bonchev–Trinajstić information content (AvgIpc) is 3.15. The number of hydrogen-bond donors (Lipinski definition) is 0. The Labute approximate surface area is 141 Å². The van der Waals surface area contributed by atoms with E-state index in [-0.39, 0.29) is 11.9 Å². The molecule has 1 amide bonds. The minimum Gasteiger partial charge on any atom is -0.376 e. The molecule has 1 atom stereocenters. The molecule has 1 unspecified atom stereocenters. The van der Waals surface area contributed by atoms with Crippen molar-refractivity contribution < 1.29 is 4.79 Å². The minimum absolute atomic E-state index is 0.103. The van der Waals surface area contributed by atoms with Gasteiger partial charge in [-0.25, -0.2) is 0 Å². The van der Waals surface area contributed by atoms with Crippen molar-refractivity contribution in [3.63, 3.8) is 0 Å². The number of hydrogen-bond acceptors (Lipinski definition) is 6. The lowest BCUT2D eigenvalue weighted by Gasteiger charge is -2.36. The van der Waals surface area contributed by atoms with Gasteiger partial charge in [-0.1, -0.05) is 0 Å². The van der Waals surface area contributed by atoms with Crippen LogP contribution in [0, 0.1) is 0 Å². The Hall–Kier alpha value is -2.64. The van der Waals surface area contributed by atoms with Crippen LogP contribution in [0.2, 0.25) is 0 Å². The highest BCUT2D eigenvalue weighted by Gasteiger charge is 2.26. The van der Waals surface area contributed by atoms with Gasteiger partial charge in [-0.2, -0.15) is 10.2 Å². The maximum Gasteiger partial charge on any atom is 0.247 e. The summed E-state index contributed by atoms with van der Waals surface area (Å²) in [7, 11) is 3.96. The SMILES string of the molecule is CC(C(=O)N1CCN(c2cc(N(C)C)cnn2)CC1)n1cccn1. The van der Waals surface area contributed by atoms with Crippen molar-refractivity contribution in [3.8, 4) is 0 Å². The third-order valence-electron chi connectivity index (χ3n) is 4.34. The number of piperazine rings is 1. The smallest absolute Gasteiger partial charge is 0.247 e. The Bertz CT molecular complexity index is 677. The molecule has 2 aromatic heterocycles. The van der Waals surface area contributed by atoms with Crippen molar-refractivity contribution in [2.45, 2.75) is 13.0 Å². The standard InChI is InChI=1S/C16H23N7O/c1-13(23-6-4-5-18-23)16(24)22-9-7-21(8-10-22)15-11-14(20(2)3)12-17-19-15/h4-6,11-13H,7-10H2,1-3H3. The Morgan fingerprint density at radius 3 is 2.62 bits per heavy atom. The van der Waals surface area contributed by atoms with E-state index in [0.717, 1.165) is 24.6 Å². The van der Waals surface area contributed by atoms with Gasteiger partial charge >= 0.3 is 0 Å². The molecule has 1 aliphatic heterocycles. The van der Waals surface area contributed by atoms with Gasteiger partial charge in [-0.15, -0.1) is 5.10 Å². The summed E-state index contributed by atoms with van der Waals surface area (Å²) in [6.45, 7) is 4.75. The number of nitrogens with zero attached hydrogens (tertiary/aromatic N) is 7. The van der Waals surface area contributed by atoms with Crippen molar-refractivity contribution in [2.24, 2.45) is 0 Å². The van der Waals surface area contributed by atoms with E-state index in [1.807, 2.05) is 49.1 Å². The third kappa shape index (κ3) is 3.32. The number of carbonyl (C=O) groups is 1. The summed E-state index contributed by atoms with van der Waals surface area (Å²) in [5.41, 5.74) is 1.02. The second kappa shape index (κ2) is 6.86. The third-order valence-corrected chi connectivity index (χ3v) is 4.34. The molecule has 1 aliphatic rings. The predicted molar refractivity (Wildman–Crippen MR) is 92.1 cm³/mol. The van der Waals surface area contributed by atoms with Crippen LogP contribution in [0.15, 0.2) is 30.7 Å². The van der Waals surface area contributed by atoms with Gasteiger partial charge in [-0.05, 0) is 13.0 Å². The fourth-order valence-electron chi connectivity index (χ4n) is 2.79. The molecule has 3 rings (SSSR count). The lowest BCUT2D eigenvalue weighted by Crippen LogP contribution is -2.50. The lowest BCUT2D eigenvalue weighted by atomic mass is 10.2. The normalized spacial score (nSPS) is 16.1. The summed E-state index contributed by atoms with van der Waals surface area (Å²) in [6, 6.07) is 3.58. The lowest BCUT2D eigenvalue weighted by molar-refractivity contribution is -0.134. The van der Waals surface area contributed by atoms with Crippen LogP contribution in [-0.2, 0) is 4.79 Å². The molecule has 0 saturated carbocycles. The van der Waals surface area contributed by atoms with Crippen LogP contribution in [0.3, 0.4) is 0 Å². The number of amides is 1. The molecule has 8 nitrogen and oxygen atoms in total. The summed E-state index contributed by atoms with van der Waals surface area (Å²) >= 11 is 0. The summed E-state index contributed by atoms with van der Waals surface area (Å²) in [5, 5.41) is 12.5. The molecule has 1 fully saturated rings. The Balaban J connectivity index is 1.61. The molecule has 0 radical (unpaired) electrons. The van der Waals surface area contributed by atoms with E-state index in [4.69, 9.17) is 0 Å². The zero-order chi connectivity index (χ0) is 17.1. The first-order valence-corrected chi connectivity index (χ1v) is 8.09. The van der Waals surface area contributed by atoms with Crippen molar-refractivity contribution in [2.75, 3.05) is 50.1 Å². The molecule has 8 heteroatoms. The first-order chi connectivity index (χ1) is 11.6. The second-order valence-electron chi connectivity index (χ2n) is 6.14. The van der Waals surface area contributed by atoms with Crippen LogP contribution in [-0.4, -0.2) is 71.1 Å². The van der Waals surface area contributed by atoms with Crippen LogP contribution < -0.4 is 9.80 Å². The van der Waals surface area contributed by atoms with Gasteiger partial charge in [0, 0.05) is 58.7 Å². The van der Waals surface area contributed by atoms with Crippen LogP contribution in [0.25, 0.3) is 0 Å². The summed E-state index contributed by atoms with van der Waals surface area (Å²) in [4.78, 5) is 18.7. The van der Waals surface area contributed by atoms with Crippen LogP contribution in [0.4, 0.5) is 11.5 Å². The Morgan fingerprint density at radius 2 is 2.00 bits per heavy atom. The maximum absolute atomic E-state index is 12.6. The minimum atomic E-state index is -0.275. The monoisotopic (exact) mass is 329 g/mol. The van der Waals surface area contributed by atoms with Gasteiger partial charge in [0.1, 0.15) is 6.04 Å². The number of rotatable bonds is 4. The van der Waals surface area contributed by atoms with Gasteiger partial charge in [-0.3, -0.25) is 9.48 Å². The van der Waals surface area contributed by atoms with Crippen molar-refractivity contribution >= 4 is 17.4 Å². The molecule has 128 valence electrons. The molecule has 1 saturated heterocycles. The van der Waals surface area contributed by atoms with Gasteiger partial charge in [0.25, 0.3) is 0 Å². The summed E-state index contributed by atoms with van der Waals surface area (Å²) in [5.74, 6) is 0.958. The highest BCUT2D eigenvalue weighted by molar-refractivity contribution is 5.80.